The molecule has 0 spiro atoms. The van der Waals surface area contributed by atoms with Crippen LogP contribution in [0, 0.1) is 11.3 Å². The molecule has 0 bridgehead atoms. The Morgan fingerprint density at radius 3 is 1.89 bits per heavy atom. The first-order valence-corrected chi connectivity index (χ1v) is 9.11. The van der Waals surface area contributed by atoms with Gasteiger partial charge in [-0.25, -0.2) is 0 Å². The van der Waals surface area contributed by atoms with Crippen molar-refractivity contribution in [2.24, 2.45) is 0 Å². The van der Waals surface area contributed by atoms with Crippen molar-refractivity contribution in [3.05, 3.63) is 23.8 Å². The Labute approximate surface area is 109 Å². The van der Waals surface area contributed by atoms with Crippen molar-refractivity contribution < 1.29 is 13.9 Å². The predicted molar refractivity (Wildman–Crippen MR) is 72.3 cm³/mol. The normalized spacial score (nSPS) is 12.7. The molecule has 0 saturated carbocycles. The molecule has 0 amide bonds. The molecule has 98 valence electrons. The molecule has 0 aliphatic rings. The molecule has 1 aromatic carbocycles. The van der Waals surface area contributed by atoms with E-state index in [1.165, 1.54) is 0 Å². The largest absolute Gasteiger partial charge is 0.497 e. The van der Waals surface area contributed by atoms with Crippen molar-refractivity contribution in [2.75, 3.05) is 14.2 Å². The molecule has 0 saturated heterocycles. The van der Waals surface area contributed by atoms with E-state index in [4.69, 9.17) is 13.9 Å². The van der Waals surface area contributed by atoms with E-state index < -0.39 is 14.4 Å². The Morgan fingerprint density at radius 1 is 1.06 bits per heavy atom. The highest BCUT2D eigenvalue weighted by molar-refractivity contribution is 6.69. The van der Waals surface area contributed by atoms with E-state index in [1.807, 2.05) is 0 Å². The van der Waals surface area contributed by atoms with Crippen LogP contribution in [0.4, 0.5) is 0 Å². The van der Waals surface area contributed by atoms with Gasteiger partial charge in [0.15, 0.2) is 14.4 Å². The summed E-state index contributed by atoms with van der Waals surface area (Å²) in [7, 11) is 1.38. The first kappa shape index (κ1) is 14.5. The second-order valence-corrected chi connectivity index (χ2v) is 9.35. The average molecular weight is 265 g/mol. The van der Waals surface area contributed by atoms with Crippen molar-refractivity contribution in [1.82, 2.24) is 0 Å². The molecular weight excluding hydrogens is 246 g/mol. The molecule has 0 aromatic heterocycles. The summed E-state index contributed by atoms with van der Waals surface area (Å²) in [5, 5.41) is 9.24. The summed E-state index contributed by atoms with van der Waals surface area (Å²) >= 11 is 0. The van der Waals surface area contributed by atoms with Crippen LogP contribution in [0.15, 0.2) is 18.2 Å². The molecule has 1 atom stereocenters. The molecular formula is C13H19NO3Si. The van der Waals surface area contributed by atoms with Crippen LogP contribution in [0.3, 0.4) is 0 Å². The van der Waals surface area contributed by atoms with Gasteiger partial charge in [-0.2, -0.15) is 5.26 Å². The molecule has 0 heterocycles. The predicted octanol–water partition coefficient (Wildman–Crippen LogP) is 3.12. The van der Waals surface area contributed by atoms with Crippen LogP contribution in [0.1, 0.15) is 11.7 Å². The lowest BCUT2D eigenvalue weighted by Gasteiger charge is -2.22. The van der Waals surface area contributed by atoms with E-state index in [-0.39, 0.29) is 0 Å². The van der Waals surface area contributed by atoms with E-state index in [0.29, 0.717) is 11.5 Å². The van der Waals surface area contributed by atoms with Gasteiger partial charge in [0.1, 0.15) is 11.5 Å². The number of nitriles is 1. The second-order valence-electron chi connectivity index (χ2n) is 4.89. The van der Waals surface area contributed by atoms with E-state index in [2.05, 4.69) is 25.7 Å². The summed E-state index contributed by atoms with van der Waals surface area (Å²) in [6.07, 6.45) is -0.583. The van der Waals surface area contributed by atoms with Crippen molar-refractivity contribution in [1.29, 1.82) is 5.26 Å². The monoisotopic (exact) mass is 265 g/mol. The first-order chi connectivity index (χ1) is 8.39. The molecule has 0 N–H and O–H groups in total. The average Bonchev–Trinajstić information content (AvgIpc) is 2.34. The van der Waals surface area contributed by atoms with Gasteiger partial charge in [0.25, 0.3) is 0 Å². The standard InChI is InChI=1S/C13H19NO3Si/c1-15-11-6-10(7-12(8-11)16-2)13(9-14)17-18(3,4)5/h6-8,13H,1-5H3. The molecule has 0 aliphatic heterocycles. The Morgan fingerprint density at radius 2 is 1.56 bits per heavy atom. The number of methoxy groups -OCH3 is 2. The molecule has 1 rings (SSSR count). The van der Waals surface area contributed by atoms with Gasteiger partial charge in [0.2, 0.25) is 0 Å². The van der Waals surface area contributed by atoms with Crippen LogP contribution in [-0.4, -0.2) is 22.5 Å². The van der Waals surface area contributed by atoms with Gasteiger partial charge >= 0.3 is 0 Å². The lowest BCUT2D eigenvalue weighted by Crippen LogP contribution is -2.27. The lowest BCUT2D eigenvalue weighted by atomic mass is 10.1. The number of ether oxygens (including phenoxy) is 2. The smallest absolute Gasteiger partial charge is 0.186 e. The van der Waals surface area contributed by atoms with Gasteiger partial charge in [-0.3, -0.25) is 0 Å². The van der Waals surface area contributed by atoms with E-state index in [9.17, 15) is 5.26 Å². The van der Waals surface area contributed by atoms with E-state index in [1.54, 1.807) is 32.4 Å². The highest BCUT2D eigenvalue weighted by atomic mass is 28.4. The number of nitrogens with zero attached hydrogens (tertiary/aromatic N) is 1. The number of hydrogen-bond acceptors (Lipinski definition) is 4. The maximum absolute atomic E-state index is 9.24. The number of hydrogen-bond donors (Lipinski definition) is 0. The molecule has 18 heavy (non-hydrogen) atoms. The minimum Gasteiger partial charge on any atom is -0.497 e. The zero-order valence-electron chi connectivity index (χ0n) is 11.5. The summed E-state index contributed by atoms with van der Waals surface area (Å²) < 4.78 is 16.2. The zero-order chi connectivity index (χ0) is 13.8. The highest BCUT2D eigenvalue weighted by Crippen LogP contribution is 2.29. The molecule has 1 unspecified atom stereocenters. The number of benzene rings is 1. The van der Waals surface area contributed by atoms with Gasteiger partial charge in [0, 0.05) is 11.6 Å². The Kier molecular flexibility index (Phi) is 4.76. The zero-order valence-corrected chi connectivity index (χ0v) is 12.5. The van der Waals surface area contributed by atoms with Gasteiger partial charge in [-0.1, -0.05) is 0 Å². The molecule has 1 aromatic rings. The molecule has 0 radical (unpaired) electrons. The topological polar surface area (TPSA) is 51.5 Å². The Hall–Kier alpha value is -1.51. The molecule has 0 fully saturated rings. The minimum absolute atomic E-state index is 0.583. The van der Waals surface area contributed by atoms with Crippen LogP contribution in [0.25, 0.3) is 0 Å². The van der Waals surface area contributed by atoms with Gasteiger partial charge in [-0.15, -0.1) is 0 Å². The first-order valence-electron chi connectivity index (χ1n) is 5.70. The van der Waals surface area contributed by atoms with Crippen molar-refractivity contribution in [2.45, 2.75) is 25.7 Å². The third kappa shape index (κ3) is 4.06. The second kappa shape index (κ2) is 5.89. The fraction of sp³-hybridized carbons (Fsp3) is 0.462. The van der Waals surface area contributed by atoms with E-state index in [0.717, 1.165) is 5.56 Å². The summed E-state index contributed by atoms with van der Waals surface area (Å²) in [5.74, 6) is 1.31. The third-order valence-electron chi connectivity index (χ3n) is 2.27. The van der Waals surface area contributed by atoms with Crippen LogP contribution < -0.4 is 9.47 Å². The highest BCUT2D eigenvalue weighted by Gasteiger charge is 2.23. The molecule has 5 heteroatoms. The van der Waals surface area contributed by atoms with Gasteiger partial charge < -0.3 is 13.9 Å². The fourth-order valence-corrected chi connectivity index (χ4v) is 2.40. The van der Waals surface area contributed by atoms with Crippen LogP contribution in [-0.2, 0) is 4.43 Å². The van der Waals surface area contributed by atoms with Gasteiger partial charge in [-0.05, 0) is 31.8 Å². The minimum atomic E-state index is -1.78. The van der Waals surface area contributed by atoms with Crippen molar-refractivity contribution in [3.63, 3.8) is 0 Å². The summed E-state index contributed by atoms with van der Waals surface area (Å²) in [4.78, 5) is 0. The van der Waals surface area contributed by atoms with Crippen molar-refractivity contribution in [3.8, 4) is 17.6 Å². The molecule has 0 aliphatic carbocycles. The van der Waals surface area contributed by atoms with Crippen LogP contribution >= 0.6 is 0 Å². The fourth-order valence-electron chi connectivity index (χ4n) is 1.50. The number of rotatable bonds is 5. The Bertz CT molecular complexity index is 426. The van der Waals surface area contributed by atoms with Crippen LogP contribution in [0.5, 0.6) is 11.5 Å². The van der Waals surface area contributed by atoms with Crippen LogP contribution in [0.2, 0.25) is 19.6 Å². The van der Waals surface area contributed by atoms with E-state index >= 15 is 0 Å². The van der Waals surface area contributed by atoms with Gasteiger partial charge in [0.05, 0.1) is 20.3 Å². The maximum Gasteiger partial charge on any atom is 0.186 e. The summed E-state index contributed by atoms with van der Waals surface area (Å²) in [6.45, 7) is 6.15. The Balaban J connectivity index is 3.09. The van der Waals surface area contributed by atoms with Crippen molar-refractivity contribution >= 4 is 8.32 Å². The summed E-state index contributed by atoms with van der Waals surface area (Å²) in [6, 6.07) is 7.55. The maximum atomic E-state index is 9.24. The quantitative estimate of drug-likeness (QED) is 0.768. The summed E-state index contributed by atoms with van der Waals surface area (Å²) in [5.41, 5.74) is 0.760. The lowest BCUT2D eigenvalue weighted by molar-refractivity contribution is 0.253. The SMILES string of the molecule is COc1cc(OC)cc(C(C#N)O[Si](C)(C)C)c1. The molecule has 4 nitrogen and oxygen atoms in total. The third-order valence-corrected chi connectivity index (χ3v) is 3.21.